The van der Waals surface area contributed by atoms with Gasteiger partial charge in [0.15, 0.2) is 0 Å². The molecule has 0 saturated heterocycles. The van der Waals surface area contributed by atoms with Gasteiger partial charge in [0.2, 0.25) is 5.91 Å². The number of hydrogen-bond acceptors (Lipinski definition) is 5. The number of hydrogen-bond donors (Lipinski definition) is 2. The van der Waals surface area contributed by atoms with E-state index in [-0.39, 0.29) is 19.1 Å². The van der Waals surface area contributed by atoms with Crippen LogP contribution in [0.3, 0.4) is 0 Å². The Bertz CT molecular complexity index is 594. The summed E-state index contributed by atoms with van der Waals surface area (Å²) in [6, 6.07) is 11.1. The first-order valence-electron chi connectivity index (χ1n) is 7.85. The zero-order valence-corrected chi connectivity index (χ0v) is 13.7. The average molecular weight is 333 g/mol. The summed E-state index contributed by atoms with van der Waals surface area (Å²) >= 11 is 0. The van der Waals surface area contributed by atoms with Crippen LogP contribution in [0.4, 0.5) is 0 Å². The lowest BCUT2D eigenvalue weighted by molar-refractivity contribution is -0.121. The molecule has 1 aromatic carbocycles. The third kappa shape index (κ3) is 6.44. The van der Waals surface area contributed by atoms with Crippen molar-refractivity contribution in [3.8, 4) is 5.75 Å². The van der Waals surface area contributed by atoms with Crippen molar-refractivity contribution >= 4 is 5.91 Å². The van der Waals surface area contributed by atoms with Crippen molar-refractivity contribution in [3.05, 3.63) is 54.0 Å². The third-order valence-electron chi connectivity index (χ3n) is 3.45. The number of carbonyl (C=O) groups is 1. The highest BCUT2D eigenvalue weighted by Crippen LogP contribution is 2.12. The van der Waals surface area contributed by atoms with Gasteiger partial charge in [-0.25, -0.2) is 0 Å². The summed E-state index contributed by atoms with van der Waals surface area (Å²) < 4.78 is 15.7. The van der Waals surface area contributed by atoms with Crippen LogP contribution in [0.25, 0.3) is 0 Å². The minimum atomic E-state index is -0.740. The maximum Gasteiger partial charge on any atom is 0.220 e. The summed E-state index contributed by atoms with van der Waals surface area (Å²) in [7, 11) is 1.62. The van der Waals surface area contributed by atoms with Gasteiger partial charge in [0.05, 0.1) is 32.7 Å². The number of aliphatic hydroxyl groups excluding tert-OH is 1. The summed E-state index contributed by atoms with van der Waals surface area (Å²) in [6.07, 6.45) is 1.71. The standard InChI is InChI=1S/C18H23NO5/c1-22-16-6-4-14(5-7-16)12-23-13-15(20)11-19-18(21)9-8-17-3-2-10-24-17/h2-7,10,15,20H,8-9,11-13H2,1H3,(H,19,21)/t15-/m0/s1. The second kappa shape index (κ2) is 9.75. The highest BCUT2D eigenvalue weighted by molar-refractivity contribution is 5.76. The predicted molar refractivity (Wildman–Crippen MR) is 88.7 cm³/mol. The van der Waals surface area contributed by atoms with Crippen LogP contribution >= 0.6 is 0 Å². The molecule has 0 radical (unpaired) electrons. The van der Waals surface area contributed by atoms with Crippen molar-refractivity contribution < 1.29 is 23.8 Å². The van der Waals surface area contributed by atoms with Crippen LogP contribution in [0.2, 0.25) is 0 Å². The van der Waals surface area contributed by atoms with E-state index in [0.29, 0.717) is 19.4 Å². The molecule has 130 valence electrons. The SMILES string of the molecule is COc1ccc(COC[C@@H](O)CNC(=O)CCc2ccco2)cc1. The van der Waals surface area contributed by atoms with Gasteiger partial charge in [0.1, 0.15) is 11.5 Å². The Balaban J connectivity index is 1.57. The van der Waals surface area contributed by atoms with Crippen molar-refractivity contribution in [3.63, 3.8) is 0 Å². The van der Waals surface area contributed by atoms with E-state index < -0.39 is 6.10 Å². The van der Waals surface area contributed by atoms with Gasteiger partial charge in [-0.1, -0.05) is 12.1 Å². The molecule has 0 unspecified atom stereocenters. The van der Waals surface area contributed by atoms with Gasteiger partial charge >= 0.3 is 0 Å². The van der Waals surface area contributed by atoms with E-state index in [4.69, 9.17) is 13.9 Å². The Kier molecular flexibility index (Phi) is 7.32. The van der Waals surface area contributed by atoms with E-state index in [1.54, 1.807) is 19.4 Å². The molecule has 1 heterocycles. The lowest BCUT2D eigenvalue weighted by atomic mass is 10.2. The fourth-order valence-corrected chi connectivity index (χ4v) is 2.11. The van der Waals surface area contributed by atoms with Gasteiger partial charge in [0.25, 0.3) is 0 Å². The van der Waals surface area contributed by atoms with E-state index in [9.17, 15) is 9.90 Å². The van der Waals surface area contributed by atoms with Gasteiger partial charge in [-0.15, -0.1) is 0 Å². The molecular formula is C18H23NO5. The zero-order chi connectivity index (χ0) is 17.2. The molecule has 2 rings (SSSR count). The molecule has 1 atom stereocenters. The van der Waals surface area contributed by atoms with Gasteiger partial charge in [-0.2, -0.15) is 0 Å². The van der Waals surface area contributed by atoms with Crippen molar-refractivity contribution in [2.45, 2.75) is 25.6 Å². The lowest BCUT2D eigenvalue weighted by Crippen LogP contribution is -2.34. The molecule has 0 fully saturated rings. The largest absolute Gasteiger partial charge is 0.497 e. The zero-order valence-electron chi connectivity index (χ0n) is 13.7. The van der Waals surface area contributed by atoms with Crippen LogP contribution in [0, 0.1) is 0 Å². The molecule has 0 bridgehead atoms. The molecule has 0 spiro atoms. The van der Waals surface area contributed by atoms with Crippen LogP contribution in [0.1, 0.15) is 17.7 Å². The summed E-state index contributed by atoms with van der Waals surface area (Å²) in [6.45, 7) is 0.720. The fraction of sp³-hybridized carbons (Fsp3) is 0.389. The molecule has 6 heteroatoms. The number of ether oxygens (including phenoxy) is 2. The van der Waals surface area contributed by atoms with Gasteiger partial charge in [0, 0.05) is 19.4 Å². The Labute approximate surface area is 141 Å². The molecule has 0 aliphatic carbocycles. The highest BCUT2D eigenvalue weighted by atomic mass is 16.5. The van der Waals surface area contributed by atoms with Crippen molar-refractivity contribution in [1.82, 2.24) is 5.32 Å². The third-order valence-corrected chi connectivity index (χ3v) is 3.45. The summed E-state index contributed by atoms with van der Waals surface area (Å²) in [5.41, 5.74) is 0.991. The molecule has 0 aliphatic rings. The molecule has 2 aromatic rings. The number of carbonyl (C=O) groups excluding carboxylic acids is 1. The summed E-state index contributed by atoms with van der Waals surface area (Å²) in [4.78, 5) is 11.7. The highest BCUT2D eigenvalue weighted by Gasteiger charge is 2.08. The van der Waals surface area contributed by atoms with E-state index in [1.807, 2.05) is 30.3 Å². The first-order valence-corrected chi connectivity index (χ1v) is 7.85. The van der Waals surface area contributed by atoms with Crippen LogP contribution in [-0.2, 0) is 22.6 Å². The molecular weight excluding hydrogens is 310 g/mol. The minimum Gasteiger partial charge on any atom is -0.497 e. The van der Waals surface area contributed by atoms with Crippen molar-refractivity contribution in [2.24, 2.45) is 0 Å². The lowest BCUT2D eigenvalue weighted by Gasteiger charge is -2.12. The number of nitrogens with one attached hydrogen (secondary N) is 1. The topological polar surface area (TPSA) is 80.9 Å². The van der Waals surface area contributed by atoms with E-state index in [0.717, 1.165) is 17.1 Å². The Morgan fingerprint density at radius 1 is 1.29 bits per heavy atom. The average Bonchev–Trinajstić information content (AvgIpc) is 3.12. The van der Waals surface area contributed by atoms with Gasteiger partial charge in [-0.05, 0) is 29.8 Å². The van der Waals surface area contributed by atoms with E-state index in [2.05, 4.69) is 5.32 Å². The quantitative estimate of drug-likeness (QED) is 0.694. The summed E-state index contributed by atoms with van der Waals surface area (Å²) in [5, 5.41) is 12.5. The second-order valence-electron chi connectivity index (χ2n) is 5.40. The maximum absolute atomic E-state index is 11.7. The van der Waals surface area contributed by atoms with E-state index in [1.165, 1.54) is 0 Å². The Hall–Kier alpha value is -2.31. The Morgan fingerprint density at radius 3 is 2.75 bits per heavy atom. The van der Waals surface area contributed by atoms with Crippen LogP contribution < -0.4 is 10.1 Å². The first-order chi connectivity index (χ1) is 11.7. The van der Waals surface area contributed by atoms with Crippen molar-refractivity contribution in [2.75, 3.05) is 20.3 Å². The fourth-order valence-electron chi connectivity index (χ4n) is 2.11. The maximum atomic E-state index is 11.7. The smallest absolute Gasteiger partial charge is 0.220 e. The molecule has 6 nitrogen and oxygen atoms in total. The number of benzene rings is 1. The predicted octanol–water partition coefficient (Wildman–Crippen LogP) is 1.91. The number of furan rings is 1. The normalized spacial score (nSPS) is 11.9. The monoisotopic (exact) mass is 333 g/mol. The molecule has 1 amide bonds. The molecule has 0 saturated carbocycles. The number of methoxy groups -OCH3 is 1. The molecule has 1 aromatic heterocycles. The second-order valence-corrected chi connectivity index (χ2v) is 5.40. The van der Waals surface area contributed by atoms with Crippen molar-refractivity contribution in [1.29, 1.82) is 0 Å². The van der Waals surface area contributed by atoms with Gasteiger partial charge in [-0.3, -0.25) is 4.79 Å². The van der Waals surface area contributed by atoms with E-state index >= 15 is 0 Å². The number of aliphatic hydroxyl groups is 1. The molecule has 24 heavy (non-hydrogen) atoms. The minimum absolute atomic E-state index is 0.124. The molecule has 2 N–H and O–H groups in total. The summed E-state index contributed by atoms with van der Waals surface area (Å²) in [5.74, 6) is 1.44. The van der Waals surface area contributed by atoms with Crippen LogP contribution in [-0.4, -0.2) is 37.4 Å². The number of amides is 1. The Morgan fingerprint density at radius 2 is 2.08 bits per heavy atom. The number of aryl methyl sites for hydroxylation is 1. The first kappa shape index (κ1) is 18.0. The van der Waals surface area contributed by atoms with Gasteiger partial charge < -0.3 is 24.3 Å². The van der Waals surface area contributed by atoms with Crippen LogP contribution in [0.5, 0.6) is 5.75 Å². The molecule has 0 aliphatic heterocycles. The number of rotatable bonds is 10. The van der Waals surface area contributed by atoms with Crippen LogP contribution in [0.15, 0.2) is 47.1 Å².